The molecule has 0 aliphatic rings. The highest BCUT2D eigenvalue weighted by Crippen LogP contribution is 2.10. The van der Waals surface area contributed by atoms with Crippen molar-refractivity contribution in [3.05, 3.63) is 0 Å². The lowest BCUT2D eigenvalue weighted by atomic mass is 10.1. The molecule has 0 aromatic rings. The molecule has 1 amide bonds. The topological polar surface area (TPSA) is 64.6 Å². The van der Waals surface area contributed by atoms with Gasteiger partial charge in [-0.05, 0) is 20.8 Å². The van der Waals surface area contributed by atoms with Crippen LogP contribution in [-0.4, -0.2) is 29.8 Å². The van der Waals surface area contributed by atoms with Crippen LogP contribution in [0.15, 0.2) is 0 Å². The lowest BCUT2D eigenvalue weighted by Crippen LogP contribution is -2.44. The summed E-state index contributed by atoms with van der Waals surface area (Å²) in [6.45, 7) is 8.95. The summed E-state index contributed by atoms with van der Waals surface area (Å²) in [5, 5.41) is 2.60. The number of halogens is 1. The molecule has 0 saturated heterocycles. The van der Waals surface area contributed by atoms with E-state index in [-0.39, 0.29) is 12.0 Å². The third kappa shape index (κ3) is 7.05. The number of carbonyl (C=O) groups excluding carboxylic acids is 2. The number of rotatable bonds is 4. The molecule has 0 spiro atoms. The maximum Gasteiger partial charge on any atom is 0.408 e. The van der Waals surface area contributed by atoms with Crippen molar-refractivity contribution in [3.63, 3.8) is 0 Å². The summed E-state index contributed by atoms with van der Waals surface area (Å²) in [7, 11) is 0. The molecule has 0 saturated carbocycles. The minimum absolute atomic E-state index is 0.184. The first kappa shape index (κ1) is 16.0. The minimum Gasteiger partial charge on any atom is -0.447 e. The highest BCUT2D eigenvalue weighted by Gasteiger charge is 2.29. The van der Waals surface area contributed by atoms with Gasteiger partial charge in [-0.3, -0.25) is 0 Å². The molecule has 0 aliphatic heterocycles. The Labute approximate surface area is 107 Å². The number of hydrogen-bond donors (Lipinski definition) is 1. The normalized spacial score (nSPS) is 13.1. The van der Waals surface area contributed by atoms with Gasteiger partial charge in [0.1, 0.15) is 0 Å². The first-order chi connectivity index (χ1) is 7.67. The Bertz CT molecular complexity index is 273. The van der Waals surface area contributed by atoms with Crippen molar-refractivity contribution in [2.24, 2.45) is 5.92 Å². The van der Waals surface area contributed by atoms with Gasteiger partial charge in [-0.25, -0.2) is 9.59 Å². The molecule has 0 fully saturated rings. The molecule has 0 aromatic heterocycles. The monoisotopic (exact) mass is 265 g/mol. The van der Waals surface area contributed by atoms with Gasteiger partial charge in [-0.2, -0.15) is 0 Å². The van der Waals surface area contributed by atoms with Gasteiger partial charge in [-0.15, -0.1) is 0 Å². The standard InChI is InChI=1S/C11H20ClNO4/c1-7(2)8(9(14)16-6-12)17-10(15)13-11(3,4)5/h7-8H,6H2,1-5H3,(H,13,15)/t8-/m0/s1. The number of nitrogens with one attached hydrogen (secondary N) is 1. The zero-order valence-electron chi connectivity index (χ0n) is 10.9. The molecule has 100 valence electrons. The van der Waals surface area contributed by atoms with Gasteiger partial charge in [0, 0.05) is 11.5 Å². The number of ether oxygens (including phenoxy) is 2. The molecule has 0 unspecified atom stereocenters. The highest BCUT2D eigenvalue weighted by atomic mass is 35.5. The second kappa shape index (κ2) is 6.69. The Morgan fingerprint density at radius 3 is 2.18 bits per heavy atom. The number of esters is 1. The van der Waals surface area contributed by atoms with Gasteiger partial charge in [-0.1, -0.05) is 25.4 Å². The van der Waals surface area contributed by atoms with Crippen LogP contribution >= 0.6 is 11.6 Å². The zero-order chi connectivity index (χ0) is 13.6. The van der Waals surface area contributed by atoms with E-state index >= 15 is 0 Å². The van der Waals surface area contributed by atoms with Gasteiger partial charge in [0.25, 0.3) is 0 Å². The Kier molecular flexibility index (Phi) is 6.31. The van der Waals surface area contributed by atoms with Gasteiger partial charge in [0.15, 0.2) is 6.07 Å². The van der Waals surface area contributed by atoms with Crippen LogP contribution in [0, 0.1) is 5.92 Å². The van der Waals surface area contributed by atoms with Crippen LogP contribution in [0.3, 0.4) is 0 Å². The molecule has 0 radical (unpaired) electrons. The van der Waals surface area contributed by atoms with Gasteiger partial charge in [0.05, 0.1) is 0 Å². The van der Waals surface area contributed by atoms with Gasteiger partial charge >= 0.3 is 12.1 Å². The number of alkyl carbamates (subject to hydrolysis) is 1. The van der Waals surface area contributed by atoms with Crippen LogP contribution in [0.1, 0.15) is 34.6 Å². The summed E-state index contributed by atoms with van der Waals surface area (Å²) < 4.78 is 9.64. The first-order valence-corrected chi connectivity index (χ1v) is 5.92. The maximum absolute atomic E-state index is 11.5. The van der Waals surface area contributed by atoms with Crippen molar-refractivity contribution in [2.45, 2.75) is 46.3 Å². The molecule has 6 heteroatoms. The average molecular weight is 266 g/mol. The Hall–Kier alpha value is -0.970. The van der Waals surface area contributed by atoms with E-state index in [9.17, 15) is 9.59 Å². The van der Waals surface area contributed by atoms with E-state index in [2.05, 4.69) is 10.1 Å². The molecule has 0 bridgehead atoms. The molecular weight excluding hydrogens is 246 g/mol. The molecule has 1 N–H and O–H groups in total. The average Bonchev–Trinajstić information content (AvgIpc) is 2.11. The molecule has 5 nitrogen and oxygen atoms in total. The largest absolute Gasteiger partial charge is 0.447 e. The molecule has 0 heterocycles. The van der Waals surface area contributed by atoms with Crippen molar-refractivity contribution < 1.29 is 19.1 Å². The number of amides is 1. The van der Waals surface area contributed by atoms with Crippen LogP contribution in [0.5, 0.6) is 0 Å². The summed E-state index contributed by atoms with van der Waals surface area (Å²) in [5.74, 6) is -0.824. The predicted molar refractivity (Wildman–Crippen MR) is 64.8 cm³/mol. The fraction of sp³-hybridized carbons (Fsp3) is 0.818. The van der Waals surface area contributed by atoms with E-state index < -0.39 is 23.7 Å². The van der Waals surface area contributed by atoms with Crippen molar-refractivity contribution in [1.82, 2.24) is 5.32 Å². The Morgan fingerprint density at radius 1 is 1.29 bits per heavy atom. The number of carbonyl (C=O) groups is 2. The summed E-state index contributed by atoms with van der Waals surface area (Å²) in [6, 6.07) is -0.258. The highest BCUT2D eigenvalue weighted by molar-refractivity contribution is 6.17. The lowest BCUT2D eigenvalue weighted by Gasteiger charge is -2.24. The predicted octanol–water partition coefficient (Wildman–Crippen LogP) is 2.28. The Morgan fingerprint density at radius 2 is 1.82 bits per heavy atom. The number of hydrogen-bond acceptors (Lipinski definition) is 4. The van der Waals surface area contributed by atoms with E-state index in [0.29, 0.717) is 0 Å². The quantitative estimate of drug-likeness (QED) is 0.626. The fourth-order valence-electron chi connectivity index (χ4n) is 1.04. The van der Waals surface area contributed by atoms with Crippen LogP contribution in [0.2, 0.25) is 0 Å². The zero-order valence-corrected chi connectivity index (χ0v) is 11.6. The Balaban J connectivity index is 4.46. The second-order valence-corrected chi connectivity index (χ2v) is 5.24. The van der Waals surface area contributed by atoms with E-state index in [0.717, 1.165) is 0 Å². The van der Waals surface area contributed by atoms with Crippen molar-refractivity contribution >= 4 is 23.7 Å². The summed E-state index contributed by atoms with van der Waals surface area (Å²) in [5.41, 5.74) is -0.422. The fourth-order valence-corrected chi connectivity index (χ4v) is 1.15. The summed E-state index contributed by atoms with van der Waals surface area (Å²) in [4.78, 5) is 23.0. The smallest absolute Gasteiger partial charge is 0.408 e. The van der Waals surface area contributed by atoms with Crippen LogP contribution in [0.25, 0.3) is 0 Å². The van der Waals surface area contributed by atoms with Crippen LogP contribution in [0.4, 0.5) is 4.79 Å². The molecular formula is C11H20ClNO4. The van der Waals surface area contributed by atoms with E-state index in [1.165, 1.54) is 0 Å². The molecule has 0 aromatic carbocycles. The van der Waals surface area contributed by atoms with Crippen molar-refractivity contribution in [1.29, 1.82) is 0 Å². The summed E-state index contributed by atoms with van der Waals surface area (Å²) >= 11 is 5.29. The minimum atomic E-state index is -0.948. The molecule has 0 aliphatic carbocycles. The van der Waals surface area contributed by atoms with Crippen molar-refractivity contribution in [3.8, 4) is 0 Å². The van der Waals surface area contributed by atoms with Crippen LogP contribution in [-0.2, 0) is 14.3 Å². The van der Waals surface area contributed by atoms with E-state index in [1.54, 1.807) is 13.8 Å². The van der Waals surface area contributed by atoms with Crippen molar-refractivity contribution in [2.75, 3.05) is 6.07 Å². The third-order valence-electron chi connectivity index (χ3n) is 1.75. The maximum atomic E-state index is 11.5. The number of alkyl halides is 1. The SMILES string of the molecule is CC(C)[C@H](OC(=O)NC(C)(C)C)C(=O)OCCl. The summed E-state index contributed by atoms with van der Waals surface area (Å²) in [6.07, 6.45) is -1.60. The lowest BCUT2D eigenvalue weighted by molar-refractivity contribution is -0.154. The second-order valence-electron chi connectivity index (χ2n) is 5.02. The van der Waals surface area contributed by atoms with E-state index in [4.69, 9.17) is 16.3 Å². The van der Waals surface area contributed by atoms with Gasteiger partial charge < -0.3 is 14.8 Å². The van der Waals surface area contributed by atoms with Gasteiger partial charge in [0.2, 0.25) is 6.10 Å². The molecule has 1 atom stereocenters. The first-order valence-electron chi connectivity index (χ1n) is 5.38. The van der Waals surface area contributed by atoms with Crippen LogP contribution < -0.4 is 5.32 Å². The third-order valence-corrected chi connectivity index (χ3v) is 1.85. The molecule has 0 rings (SSSR count). The van der Waals surface area contributed by atoms with E-state index in [1.807, 2.05) is 20.8 Å². The molecule has 17 heavy (non-hydrogen) atoms.